The molecule has 0 saturated heterocycles. The zero-order valence-electron chi connectivity index (χ0n) is 12.6. The van der Waals surface area contributed by atoms with Crippen LogP contribution in [0, 0.1) is 11.8 Å². The van der Waals surface area contributed by atoms with E-state index in [9.17, 15) is 4.79 Å². The molecular weight excluding hydrogens is 262 g/mol. The maximum Gasteiger partial charge on any atom is 0.226 e. The molecule has 1 heterocycles. The largest absolute Gasteiger partial charge is 0.335 e. The summed E-state index contributed by atoms with van der Waals surface area (Å²) >= 11 is 0. The van der Waals surface area contributed by atoms with E-state index in [0.717, 1.165) is 51.6 Å². The molecule has 2 fully saturated rings. The van der Waals surface area contributed by atoms with Gasteiger partial charge in [0.1, 0.15) is 0 Å². The highest BCUT2D eigenvalue weighted by molar-refractivity contribution is 5.79. The highest BCUT2D eigenvalue weighted by Gasteiger charge is 2.36. The monoisotopic (exact) mass is 287 g/mol. The Hall–Kier alpha value is -1.42. The van der Waals surface area contributed by atoms with E-state index < -0.39 is 0 Å². The molecule has 2 aliphatic rings. The number of hydrogen-bond acceptors (Lipinski definition) is 3. The third-order valence-electron chi connectivity index (χ3n) is 4.90. The van der Waals surface area contributed by atoms with Crippen LogP contribution in [0.4, 0.5) is 0 Å². The number of amides is 1. The molecule has 1 aromatic heterocycles. The Morgan fingerprint density at radius 3 is 2.38 bits per heavy atom. The number of pyridine rings is 1. The van der Waals surface area contributed by atoms with Gasteiger partial charge >= 0.3 is 0 Å². The smallest absolute Gasteiger partial charge is 0.226 e. The fourth-order valence-electron chi connectivity index (χ4n) is 3.34. The lowest BCUT2D eigenvalue weighted by Crippen LogP contribution is -2.39. The van der Waals surface area contributed by atoms with Gasteiger partial charge in [0.15, 0.2) is 0 Å². The Kier molecular flexibility index (Phi) is 4.54. The molecule has 0 aliphatic heterocycles. The Balaban J connectivity index is 1.63. The Bertz CT molecular complexity index is 464. The summed E-state index contributed by atoms with van der Waals surface area (Å²) in [7, 11) is 0. The van der Waals surface area contributed by atoms with Gasteiger partial charge in [0, 0.05) is 30.9 Å². The van der Waals surface area contributed by atoms with Crippen LogP contribution in [-0.2, 0) is 11.3 Å². The molecule has 2 aliphatic carbocycles. The highest BCUT2D eigenvalue weighted by Crippen LogP contribution is 2.34. The van der Waals surface area contributed by atoms with Crippen molar-refractivity contribution in [3.05, 3.63) is 30.1 Å². The van der Waals surface area contributed by atoms with Crippen molar-refractivity contribution in [2.24, 2.45) is 17.6 Å². The number of hydrogen-bond donors (Lipinski definition) is 1. The Labute approximate surface area is 126 Å². The first-order valence-corrected chi connectivity index (χ1v) is 8.17. The minimum atomic E-state index is 0.218. The maximum atomic E-state index is 12.9. The van der Waals surface area contributed by atoms with E-state index in [0.29, 0.717) is 17.9 Å². The molecule has 3 rings (SSSR count). The molecule has 1 aromatic rings. The third kappa shape index (κ3) is 3.62. The fourth-order valence-corrected chi connectivity index (χ4v) is 3.34. The van der Waals surface area contributed by atoms with Crippen molar-refractivity contribution in [3.8, 4) is 0 Å². The first-order chi connectivity index (χ1) is 10.3. The van der Waals surface area contributed by atoms with E-state index in [1.807, 2.05) is 12.1 Å². The summed E-state index contributed by atoms with van der Waals surface area (Å²) in [5.41, 5.74) is 6.93. The van der Waals surface area contributed by atoms with Gasteiger partial charge in [0.2, 0.25) is 5.91 Å². The summed E-state index contributed by atoms with van der Waals surface area (Å²) in [4.78, 5) is 19.0. The molecule has 4 heteroatoms. The second-order valence-corrected chi connectivity index (χ2v) is 6.51. The average Bonchev–Trinajstić information content (AvgIpc) is 3.38. The highest BCUT2D eigenvalue weighted by atomic mass is 16.2. The lowest BCUT2D eigenvalue weighted by molar-refractivity contribution is -0.138. The molecule has 0 spiro atoms. The summed E-state index contributed by atoms with van der Waals surface area (Å²) in [6.07, 6.45) is 10.2. The lowest BCUT2D eigenvalue weighted by atomic mass is 9.81. The summed E-state index contributed by atoms with van der Waals surface area (Å²) in [5, 5.41) is 0. The summed E-state index contributed by atoms with van der Waals surface area (Å²) in [5.74, 6) is 1.21. The van der Waals surface area contributed by atoms with Crippen LogP contribution < -0.4 is 5.73 Å². The van der Waals surface area contributed by atoms with E-state index in [1.165, 1.54) is 5.56 Å². The van der Waals surface area contributed by atoms with Gasteiger partial charge in [-0.3, -0.25) is 9.78 Å². The molecule has 0 bridgehead atoms. The van der Waals surface area contributed by atoms with Crippen LogP contribution in [0.3, 0.4) is 0 Å². The zero-order chi connectivity index (χ0) is 14.7. The molecule has 2 saturated carbocycles. The number of aromatic nitrogens is 1. The number of carbonyl (C=O) groups is 1. The van der Waals surface area contributed by atoms with E-state index in [-0.39, 0.29) is 5.92 Å². The first kappa shape index (κ1) is 14.5. The minimum Gasteiger partial charge on any atom is -0.335 e. The molecule has 114 valence electrons. The number of carbonyl (C=O) groups excluding carboxylic acids is 1. The van der Waals surface area contributed by atoms with Gasteiger partial charge in [-0.15, -0.1) is 0 Å². The standard InChI is InChI=1S/C17H25N3O/c18-11-13-1-3-15(4-2-13)17(21)20(16-5-6-16)12-14-7-9-19-10-8-14/h7-10,13,15-16H,1-6,11-12,18H2. The van der Waals surface area contributed by atoms with Crippen molar-refractivity contribution in [3.63, 3.8) is 0 Å². The molecule has 1 amide bonds. The van der Waals surface area contributed by atoms with Gasteiger partial charge in [0.05, 0.1) is 0 Å². The van der Waals surface area contributed by atoms with Gasteiger partial charge in [-0.2, -0.15) is 0 Å². The van der Waals surface area contributed by atoms with Gasteiger partial charge in [0.25, 0.3) is 0 Å². The number of nitrogens with two attached hydrogens (primary N) is 1. The van der Waals surface area contributed by atoms with Crippen LogP contribution in [0.15, 0.2) is 24.5 Å². The van der Waals surface area contributed by atoms with Crippen molar-refractivity contribution in [2.45, 2.75) is 51.1 Å². The molecule has 4 nitrogen and oxygen atoms in total. The van der Waals surface area contributed by atoms with Crippen molar-refractivity contribution in [1.29, 1.82) is 0 Å². The van der Waals surface area contributed by atoms with E-state index in [2.05, 4.69) is 9.88 Å². The second-order valence-electron chi connectivity index (χ2n) is 6.51. The molecule has 0 atom stereocenters. The van der Waals surface area contributed by atoms with E-state index in [4.69, 9.17) is 5.73 Å². The van der Waals surface area contributed by atoms with Crippen molar-refractivity contribution in [2.75, 3.05) is 6.54 Å². The molecular formula is C17H25N3O. The van der Waals surface area contributed by atoms with Gasteiger partial charge in [-0.1, -0.05) is 0 Å². The number of rotatable bonds is 5. The molecule has 2 N–H and O–H groups in total. The molecule has 21 heavy (non-hydrogen) atoms. The van der Waals surface area contributed by atoms with Crippen LogP contribution in [-0.4, -0.2) is 28.4 Å². The quantitative estimate of drug-likeness (QED) is 0.904. The SMILES string of the molecule is NCC1CCC(C(=O)N(Cc2ccncc2)C2CC2)CC1. The predicted molar refractivity (Wildman–Crippen MR) is 82.3 cm³/mol. The fraction of sp³-hybridized carbons (Fsp3) is 0.647. The summed E-state index contributed by atoms with van der Waals surface area (Å²) in [6, 6.07) is 4.49. The van der Waals surface area contributed by atoms with Crippen LogP contribution >= 0.6 is 0 Å². The van der Waals surface area contributed by atoms with Crippen LogP contribution in [0.5, 0.6) is 0 Å². The van der Waals surface area contributed by atoms with Gasteiger partial charge in [-0.05, 0) is 68.7 Å². The summed E-state index contributed by atoms with van der Waals surface area (Å²) < 4.78 is 0. The van der Waals surface area contributed by atoms with Crippen molar-refractivity contribution < 1.29 is 4.79 Å². The molecule has 0 radical (unpaired) electrons. The Morgan fingerprint density at radius 1 is 1.14 bits per heavy atom. The molecule has 0 unspecified atom stereocenters. The van der Waals surface area contributed by atoms with Gasteiger partial charge < -0.3 is 10.6 Å². The first-order valence-electron chi connectivity index (χ1n) is 8.17. The van der Waals surface area contributed by atoms with Crippen molar-refractivity contribution in [1.82, 2.24) is 9.88 Å². The second kappa shape index (κ2) is 6.56. The zero-order valence-corrected chi connectivity index (χ0v) is 12.6. The maximum absolute atomic E-state index is 12.9. The third-order valence-corrected chi connectivity index (χ3v) is 4.90. The predicted octanol–water partition coefficient (Wildman–Crippen LogP) is 2.34. The normalized spacial score (nSPS) is 25.6. The van der Waals surface area contributed by atoms with E-state index >= 15 is 0 Å². The van der Waals surface area contributed by atoms with E-state index in [1.54, 1.807) is 12.4 Å². The average molecular weight is 287 g/mol. The van der Waals surface area contributed by atoms with Crippen LogP contribution in [0.1, 0.15) is 44.1 Å². The minimum absolute atomic E-state index is 0.218. The van der Waals surface area contributed by atoms with Gasteiger partial charge in [-0.25, -0.2) is 0 Å². The topological polar surface area (TPSA) is 59.2 Å². The van der Waals surface area contributed by atoms with Crippen LogP contribution in [0.25, 0.3) is 0 Å². The Morgan fingerprint density at radius 2 is 1.81 bits per heavy atom. The van der Waals surface area contributed by atoms with Crippen LogP contribution in [0.2, 0.25) is 0 Å². The number of nitrogens with zero attached hydrogens (tertiary/aromatic N) is 2. The van der Waals surface area contributed by atoms with Crippen molar-refractivity contribution >= 4 is 5.91 Å². The summed E-state index contributed by atoms with van der Waals surface area (Å²) in [6.45, 7) is 1.51. The lowest BCUT2D eigenvalue weighted by Gasteiger charge is -2.32. The molecule has 0 aromatic carbocycles.